The van der Waals surface area contributed by atoms with E-state index in [1.54, 1.807) is 13.4 Å². The first kappa shape index (κ1) is 19.3. The Kier molecular flexibility index (Phi) is 7.78. The first-order valence-corrected chi connectivity index (χ1v) is 9.59. The van der Waals surface area contributed by atoms with Crippen LogP contribution in [0.2, 0.25) is 0 Å². The van der Waals surface area contributed by atoms with E-state index < -0.39 is 0 Å². The predicted molar refractivity (Wildman–Crippen MR) is 100 cm³/mol. The van der Waals surface area contributed by atoms with Crippen LogP contribution in [-0.4, -0.2) is 39.6 Å². The largest absolute Gasteiger partial charge is 0.497 e. The Labute approximate surface area is 153 Å². The molecule has 1 heterocycles. The molecular weight excluding hydrogens is 336 g/mol. The smallest absolute Gasteiger partial charge is 0.230 e. The number of amides is 1. The molecule has 0 aliphatic heterocycles. The average Bonchev–Trinajstić information content (AvgIpc) is 3.09. The van der Waals surface area contributed by atoms with Crippen molar-refractivity contribution in [2.45, 2.75) is 50.7 Å². The van der Waals surface area contributed by atoms with Crippen molar-refractivity contribution in [1.29, 1.82) is 0 Å². The van der Waals surface area contributed by atoms with Gasteiger partial charge in [0.1, 0.15) is 12.1 Å². The Morgan fingerprint density at radius 1 is 1.32 bits per heavy atom. The van der Waals surface area contributed by atoms with Crippen molar-refractivity contribution in [1.82, 2.24) is 20.1 Å². The zero-order valence-electron chi connectivity index (χ0n) is 15.1. The molecule has 0 saturated heterocycles. The SMILES string of the molecule is CCCCCC(C)NC(=O)CSc1nncn1-c1ccc(OC)cc1. The number of rotatable bonds is 10. The van der Waals surface area contributed by atoms with E-state index in [9.17, 15) is 4.79 Å². The fourth-order valence-electron chi connectivity index (χ4n) is 2.46. The first-order chi connectivity index (χ1) is 12.1. The second-order valence-electron chi connectivity index (χ2n) is 5.93. The lowest BCUT2D eigenvalue weighted by Crippen LogP contribution is -2.33. The van der Waals surface area contributed by atoms with Crippen molar-refractivity contribution in [2.24, 2.45) is 0 Å². The molecule has 2 aromatic rings. The number of unbranched alkanes of at least 4 members (excludes halogenated alkanes) is 2. The number of methoxy groups -OCH3 is 1. The number of nitrogens with zero attached hydrogens (tertiary/aromatic N) is 3. The van der Waals surface area contributed by atoms with Gasteiger partial charge in [-0.25, -0.2) is 0 Å². The van der Waals surface area contributed by atoms with Gasteiger partial charge in [-0.1, -0.05) is 37.9 Å². The summed E-state index contributed by atoms with van der Waals surface area (Å²) in [5.74, 6) is 1.15. The van der Waals surface area contributed by atoms with Crippen molar-refractivity contribution >= 4 is 17.7 Å². The maximum Gasteiger partial charge on any atom is 0.230 e. The molecule has 6 nitrogen and oxygen atoms in total. The van der Waals surface area contributed by atoms with Gasteiger partial charge >= 0.3 is 0 Å². The van der Waals surface area contributed by atoms with Gasteiger partial charge in [0.05, 0.1) is 12.9 Å². The molecule has 1 N–H and O–H groups in total. The van der Waals surface area contributed by atoms with E-state index in [0.717, 1.165) is 24.3 Å². The fourth-order valence-corrected chi connectivity index (χ4v) is 3.20. The first-order valence-electron chi connectivity index (χ1n) is 8.60. The predicted octanol–water partition coefficient (Wildman–Crippen LogP) is 3.45. The molecule has 0 aliphatic carbocycles. The average molecular weight is 362 g/mol. The lowest BCUT2D eigenvalue weighted by atomic mass is 10.1. The summed E-state index contributed by atoms with van der Waals surface area (Å²) in [6.45, 7) is 4.23. The molecule has 2 rings (SSSR count). The maximum atomic E-state index is 12.1. The monoisotopic (exact) mass is 362 g/mol. The van der Waals surface area contributed by atoms with Crippen molar-refractivity contribution in [2.75, 3.05) is 12.9 Å². The molecule has 0 spiro atoms. The number of thioether (sulfide) groups is 1. The zero-order valence-corrected chi connectivity index (χ0v) is 15.9. The number of aromatic nitrogens is 3. The van der Waals surface area contributed by atoms with Gasteiger partial charge in [-0.3, -0.25) is 9.36 Å². The number of carbonyl (C=O) groups excluding carboxylic acids is 1. The fraction of sp³-hybridized carbons (Fsp3) is 0.500. The van der Waals surface area contributed by atoms with E-state index in [1.807, 2.05) is 28.8 Å². The molecule has 1 unspecified atom stereocenters. The summed E-state index contributed by atoms with van der Waals surface area (Å²) in [7, 11) is 1.64. The Morgan fingerprint density at radius 2 is 2.08 bits per heavy atom. The quantitative estimate of drug-likeness (QED) is 0.518. The molecule has 0 saturated carbocycles. The van der Waals surface area contributed by atoms with Crippen molar-refractivity contribution in [3.05, 3.63) is 30.6 Å². The summed E-state index contributed by atoms with van der Waals surface area (Å²) in [5.41, 5.74) is 0.932. The third-order valence-electron chi connectivity index (χ3n) is 3.85. The summed E-state index contributed by atoms with van der Waals surface area (Å²) in [4.78, 5) is 12.1. The molecule has 0 radical (unpaired) electrons. The topological polar surface area (TPSA) is 69.0 Å². The standard InChI is InChI=1S/C18H26N4O2S/c1-4-5-6-7-14(2)20-17(23)12-25-18-21-19-13-22(18)15-8-10-16(24-3)11-9-15/h8-11,13-14H,4-7,12H2,1-3H3,(H,20,23). The van der Waals surface area contributed by atoms with Crippen LogP contribution in [0.4, 0.5) is 0 Å². The second-order valence-corrected chi connectivity index (χ2v) is 6.88. The van der Waals surface area contributed by atoms with E-state index in [0.29, 0.717) is 10.9 Å². The van der Waals surface area contributed by atoms with Gasteiger partial charge < -0.3 is 10.1 Å². The number of benzene rings is 1. The van der Waals surface area contributed by atoms with Crippen molar-refractivity contribution < 1.29 is 9.53 Å². The molecule has 0 aliphatic rings. The van der Waals surface area contributed by atoms with E-state index in [1.165, 1.54) is 24.6 Å². The molecule has 7 heteroatoms. The van der Waals surface area contributed by atoms with Gasteiger partial charge in [-0.2, -0.15) is 0 Å². The zero-order chi connectivity index (χ0) is 18.1. The third kappa shape index (κ3) is 6.08. The number of ether oxygens (including phenoxy) is 1. The molecule has 0 fully saturated rings. The van der Waals surface area contributed by atoms with Crippen LogP contribution in [0.5, 0.6) is 5.75 Å². The van der Waals surface area contributed by atoms with Gasteiger partial charge in [0, 0.05) is 11.7 Å². The second kappa shape index (κ2) is 10.1. The van der Waals surface area contributed by atoms with Crippen LogP contribution in [0.15, 0.2) is 35.7 Å². The molecule has 1 aromatic heterocycles. The molecule has 1 amide bonds. The molecule has 0 bridgehead atoms. The number of carbonyl (C=O) groups is 1. The van der Waals surface area contributed by atoms with E-state index >= 15 is 0 Å². The summed E-state index contributed by atoms with van der Waals surface area (Å²) < 4.78 is 7.03. The number of nitrogens with one attached hydrogen (secondary N) is 1. The van der Waals surface area contributed by atoms with Crippen LogP contribution in [0.25, 0.3) is 5.69 Å². The minimum absolute atomic E-state index is 0.0262. The maximum absolute atomic E-state index is 12.1. The summed E-state index contributed by atoms with van der Waals surface area (Å²) in [6, 6.07) is 7.84. The minimum Gasteiger partial charge on any atom is -0.497 e. The highest BCUT2D eigenvalue weighted by Gasteiger charge is 2.12. The van der Waals surface area contributed by atoms with Crippen LogP contribution in [0.1, 0.15) is 39.5 Å². The van der Waals surface area contributed by atoms with E-state index in [4.69, 9.17) is 4.74 Å². The van der Waals surface area contributed by atoms with Crippen LogP contribution < -0.4 is 10.1 Å². The molecule has 1 atom stereocenters. The van der Waals surface area contributed by atoms with Crippen LogP contribution in [0, 0.1) is 0 Å². The minimum atomic E-state index is 0.0262. The molecular formula is C18H26N4O2S. The normalized spacial score (nSPS) is 12.0. The van der Waals surface area contributed by atoms with Crippen LogP contribution in [0.3, 0.4) is 0 Å². The van der Waals surface area contributed by atoms with Gasteiger partial charge in [-0.15, -0.1) is 10.2 Å². The van der Waals surface area contributed by atoms with Crippen LogP contribution in [-0.2, 0) is 4.79 Å². The molecule has 136 valence electrons. The Bertz CT molecular complexity index is 657. The van der Waals surface area contributed by atoms with Gasteiger partial charge in [0.2, 0.25) is 5.91 Å². The highest BCUT2D eigenvalue weighted by molar-refractivity contribution is 7.99. The van der Waals surface area contributed by atoms with Gasteiger partial charge in [0.15, 0.2) is 5.16 Å². The van der Waals surface area contributed by atoms with Crippen molar-refractivity contribution in [3.8, 4) is 11.4 Å². The highest BCUT2D eigenvalue weighted by atomic mass is 32.2. The van der Waals surface area contributed by atoms with Gasteiger partial charge in [0.25, 0.3) is 0 Å². The lowest BCUT2D eigenvalue weighted by Gasteiger charge is -2.13. The highest BCUT2D eigenvalue weighted by Crippen LogP contribution is 2.21. The molecule has 25 heavy (non-hydrogen) atoms. The molecule has 1 aromatic carbocycles. The summed E-state index contributed by atoms with van der Waals surface area (Å²) in [6.07, 6.45) is 6.22. The Balaban J connectivity index is 1.87. The van der Waals surface area contributed by atoms with E-state index in [-0.39, 0.29) is 11.9 Å². The number of hydrogen-bond donors (Lipinski definition) is 1. The summed E-state index contributed by atoms with van der Waals surface area (Å²) >= 11 is 1.38. The van der Waals surface area contributed by atoms with Crippen LogP contribution >= 0.6 is 11.8 Å². The summed E-state index contributed by atoms with van der Waals surface area (Å²) in [5, 5.41) is 11.8. The van der Waals surface area contributed by atoms with Crippen molar-refractivity contribution in [3.63, 3.8) is 0 Å². The van der Waals surface area contributed by atoms with Gasteiger partial charge in [-0.05, 0) is 37.6 Å². The van der Waals surface area contributed by atoms with E-state index in [2.05, 4.69) is 29.4 Å². The Hall–Kier alpha value is -2.02. The number of hydrogen-bond acceptors (Lipinski definition) is 5. The third-order valence-corrected chi connectivity index (χ3v) is 4.79. The lowest BCUT2D eigenvalue weighted by molar-refractivity contribution is -0.119. The Morgan fingerprint density at radius 3 is 2.76 bits per heavy atom.